The van der Waals surface area contributed by atoms with E-state index in [9.17, 15) is 9.59 Å². The number of carboxylic acid groups (broad SMARTS) is 2. The number of carboxylic acids is 2. The van der Waals surface area contributed by atoms with Crippen LogP contribution in [0.2, 0.25) is 0 Å². The maximum absolute atomic E-state index is 10.2. The Morgan fingerprint density at radius 1 is 0.708 bits per heavy atom. The molecule has 6 N–H and O–H groups in total. The van der Waals surface area contributed by atoms with Crippen molar-refractivity contribution in [1.29, 1.82) is 0 Å². The molecule has 0 bridgehead atoms. The average Bonchev–Trinajstić information content (AvgIpc) is 2.49. The quantitative estimate of drug-likeness (QED) is 0.263. The zero-order chi connectivity index (χ0) is 18.6. The van der Waals surface area contributed by atoms with E-state index in [1.807, 2.05) is 0 Å². The van der Waals surface area contributed by atoms with Crippen molar-refractivity contribution in [2.24, 2.45) is 11.5 Å². The summed E-state index contributed by atoms with van der Waals surface area (Å²) in [5, 5.41) is 16.8. The highest BCUT2D eigenvalue weighted by atomic mass is 16.4. The minimum atomic E-state index is -0.714. The first-order valence-electron chi connectivity index (χ1n) is 9.34. The zero-order valence-electron chi connectivity index (χ0n) is 15.3. The van der Waals surface area contributed by atoms with Gasteiger partial charge in [0, 0.05) is 12.8 Å². The number of aliphatic carboxylic acids is 2. The largest absolute Gasteiger partial charge is 0.481 e. The number of carbonyl (C=O) groups is 2. The molecule has 0 spiro atoms. The first kappa shape index (κ1) is 25.1. The topological polar surface area (TPSA) is 127 Å². The van der Waals surface area contributed by atoms with Gasteiger partial charge in [0.05, 0.1) is 6.17 Å². The van der Waals surface area contributed by atoms with Crippen molar-refractivity contribution in [3.8, 4) is 0 Å². The van der Waals surface area contributed by atoms with Crippen LogP contribution in [-0.2, 0) is 9.59 Å². The van der Waals surface area contributed by atoms with Gasteiger partial charge in [-0.15, -0.1) is 0 Å². The summed E-state index contributed by atoms with van der Waals surface area (Å²) in [6.45, 7) is 2.17. The van der Waals surface area contributed by atoms with E-state index in [0.717, 1.165) is 57.8 Å². The molecule has 0 aliphatic heterocycles. The summed E-state index contributed by atoms with van der Waals surface area (Å²) in [5.41, 5.74) is 10.6. The van der Waals surface area contributed by atoms with Crippen LogP contribution in [0.15, 0.2) is 0 Å². The van der Waals surface area contributed by atoms with Crippen molar-refractivity contribution in [1.82, 2.24) is 0 Å². The molecule has 0 aromatic rings. The minimum absolute atomic E-state index is 0.0958. The van der Waals surface area contributed by atoms with Crippen LogP contribution in [0.1, 0.15) is 96.8 Å². The minimum Gasteiger partial charge on any atom is -0.481 e. The second-order valence-electron chi connectivity index (χ2n) is 6.28. The highest BCUT2D eigenvalue weighted by molar-refractivity contribution is 5.66. The smallest absolute Gasteiger partial charge is 0.303 e. The third kappa shape index (κ3) is 28.9. The number of nitrogens with two attached hydrogens (primary N) is 2. The fourth-order valence-electron chi connectivity index (χ4n) is 2.24. The first-order chi connectivity index (χ1) is 11.4. The Hall–Kier alpha value is -1.14. The van der Waals surface area contributed by atoms with Crippen molar-refractivity contribution < 1.29 is 19.8 Å². The second-order valence-corrected chi connectivity index (χ2v) is 6.28. The molecule has 0 saturated heterocycles. The Labute approximate surface area is 147 Å². The molecule has 0 amide bonds. The summed E-state index contributed by atoms with van der Waals surface area (Å²) in [6.07, 6.45) is 13.1. The molecule has 0 heterocycles. The van der Waals surface area contributed by atoms with Gasteiger partial charge in [-0.3, -0.25) is 9.59 Å². The molecule has 0 aliphatic carbocycles. The van der Waals surface area contributed by atoms with Gasteiger partial charge in [-0.05, 0) is 19.3 Å². The Bertz CT molecular complexity index is 275. The summed E-state index contributed by atoms with van der Waals surface area (Å²) in [5.74, 6) is -1.43. The van der Waals surface area contributed by atoms with Crippen LogP contribution in [0, 0.1) is 0 Å². The Balaban J connectivity index is 0. The van der Waals surface area contributed by atoms with Gasteiger partial charge in [0.2, 0.25) is 0 Å². The summed E-state index contributed by atoms with van der Waals surface area (Å²) in [6, 6.07) is 0. The molecule has 0 saturated carbocycles. The van der Waals surface area contributed by atoms with Gasteiger partial charge < -0.3 is 21.7 Å². The molecule has 0 unspecified atom stereocenters. The Morgan fingerprint density at radius 3 is 1.38 bits per heavy atom. The van der Waals surface area contributed by atoms with E-state index in [1.54, 1.807) is 0 Å². The zero-order valence-corrected chi connectivity index (χ0v) is 15.3. The maximum Gasteiger partial charge on any atom is 0.303 e. The first-order valence-corrected chi connectivity index (χ1v) is 9.34. The molecule has 0 radical (unpaired) electrons. The molecule has 144 valence electrons. The van der Waals surface area contributed by atoms with Gasteiger partial charge in [0.25, 0.3) is 0 Å². The number of hydrogen-bond acceptors (Lipinski definition) is 4. The molecule has 24 heavy (non-hydrogen) atoms. The van der Waals surface area contributed by atoms with E-state index >= 15 is 0 Å². The van der Waals surface area contributed by atoms with Crippen LogP contribution in [0.25, 0.3) is 0 Å². The molecular formula is C18H38N2O4. The van der Waals surface area contributed by atoms with Crippen molar-refractivity contribution in [2.75, 3.05) is 0 Å². The molecule has 0 fully saturated rings. The molecule has 0 rings (SSSR count). The molecule has 0 aliphatic rings. The van der Waals surface area contributed by atoms with Crippen molar-refractivity contribution in [2.45, 2.75) is 103 Å². The van der Waals surface area contributed by atoms with E-state index in [0.29, 0.717) is 0 Å². The van der Waals surface area contributed by atoms with Crippen LogP contribution >= 0.6 is 0 Å². The lowest BCUT2D eigenvalue weighted by atomic mass is 10.1. The highest BCUT2D eigenvalue weighted by Crippen LogP contribution is 2.10. The van der Waals surface area contributed by atoms with Crippen LogP contribution in [-0.4, -0.2) is 28.3 Å². The van der Waals surface area contributed by atoms with Gasteiger partial charge in [0.1, 0.15) is 0 Å². The van der Waals surface area contributed by atoms with E-state index in [-0.39, 0.29) is 19.0 Å². The average molecular weight is 347 g/mol. The van der Waals surface area contributed by atoms with Gasteiger partial charge in [-0.1, -0.05) is 64.7 Å². The summed E-state index contributed by atoms with van der Waals surface area (Å²) >= 11 is 0. The summed E-state index contributed by atoms with van der Waals surface area (Å²) < 4.78 is 0. The predicted octanol–water partition coefficient (Wildman–Crippen LogP) is 3.87. The third-order valence-corrected chi connectivity index (χ3v) is 3.67. The molecule has 6 heteroatoms. The standard InChI is InChI=1S/C12H22O4.C6H16N2/c13-11(14)9-7-5-3-1-2-4-6-8-10-12(15)16;1-2-3-4-5-6(7)8/h1-10H2,(H,13,14)(H,15,16);6H,2-5,7-8H2,1H3. The third-order valence-electron chi connectivity index (χ3n) is 3.67. The van der Waals surface area contributed by atoms with Crippen LogP contribution in [0.4, 0.5) is 0 Å². The highest BCUT2D eigenvalue weighted by Gasteiger charge is 1.98. The lowest BCUT2D eigenvalue weighted by Gasteiger charge is -2.01. The van der Waals surface area contributed by atoms with Crippen LogP contribution in [0.3, 0.4) is 0 Å². The lowest BCUT2D eigenvalue weighted by Crippen LogP contribution is -2.29. The van der Waals surface area contributed by atoms with Crippen molar-refractivity contribution in [3.63, 3.8) is 0 Å². The Morgan fingerprint density at radius 2 is 1.08 bits per heavy atom. The van der Waals surface area contributed by atoms with E-state index < -0.39 is 11.9 Å². The second kappa shape index (κ2) is 19.9. The molecular weight excluding hydrogens is 308 g/mol. The monoisotopic (exact) mass is 346 g/mol. The van der Waals surface area contributed by atoms with Gasteiger partial charge in [-0.2, -0.15) is 0 Å². The summed E-state index contributed by atoms with van der Waals surface area (Å²) in [7, 11) is 0. The number of unbranched alkanes of at least 4 members (excludes halogenated alkanes) is 9. The SMILES string of the molecule is CCCCCC(N)N.O=C(O)CCCCCCCCCCC(=O)O. The predicted molar refractivity (Wildman–Crippen MR) is 97.7 cm³/mol. The van der Waals surface area contributed by atoms with E-state index in [1.165, 1.54) is 19.3 Å². The molecule has 6 nitrogen and oxygen atoms in total. The normalized spacial score (nSPS) is 10.3. The van der Waals surface area contributed by atoms with E-state index in [4.69, 9.17) is 21.7 Å². The van der Waals surface area contributed by atoms with Crippen LogP contribution in [0.5, 0.6) is 0 Å². The van der Waals surface area contributed by atoms with Crippen LogP contribution < -0.4 is 11.5 Å². The van der Waals surface area contributed by atoms with Gasteiger partial charge in [0.15, 0.2) is 0 Å². The fourth-order valence-corrected chi connectivity index (χ4v) is 2.24. The van der Waals surface area contributed by atoms with E-state index in [2.05, 4.69) is 6.92 Å². The van der Waals surface area contributed by atoms with Crippen molar-refractivity contribution in [3.05, 3.63) is 0 Å². The molecule has 0 atom stereocenters. The van der Waals surface area contributed by atoms with Crippen molar-refractivity contribution >= 4 is 11.9 Å². The number of hydrogen-bond donors (Lipinski definition) is 4. The maximum atomic E-state index is 10.2. The fraction of sp³-hybridized carbons (Fsp3) is 0.889. The lowest BCUT2D eigenvalue weighted by molar-refractivity contribution is -0.138. The number of rotatable bonds is 15. The van der Waals surface area contributed by atoms with Gasteiger partial charge >= 0.3 is 11.9 Å². The van der Waals surface area contributed by atoms with Gasteiger partial charge in [-0.25, -0.2) is 0 Å². The Kier molecular flexibility index (Phi) is 20.8. The molecule has 0 aromatic carbocycles. The summed E-state index contributed by atoms with van der Waals surface area (Å²) in [4.78, 5) is 20.4. The molecule has 0 aromatic heterocycles.